The second-order valence-electron chi connectivity index (χ2n) is 22.9. The molecule has 3 nitrogen and oxygen atoms in total. The van der Waals surface area contributed by atoms with Crippen LogP contribution < -0.4 is 31.1 Å². The summed E-state index contributed by atoms with van der Waals surface area (Å²) in [6.07, 6.45) is 6.85. The summed E-state index contributed by atoms with van der Waals surface area (Å²) in [6.45, 7) is 18.6. The number of nitrogens with zero attached hydrogens (tertiary/aromatic N) is 3. The average molecular weight is 908 g/mol. The molecule has 9 aromatic rings. The van der Waals surface area contributed by atoms with Crippen molar-refractivity contribution in [3.8, 4) is 0 Å². The van der Waals surface area contributed by atoms with Crippen molar-refractivity contribution >= 4 is 95.8 Å². The molecule has 0 radical (unpaired) electrons. The van der Waals surface area contributed by atoms with Gasteiger partial charge in [-0.05, 0) is 196 Å². The molecule has 0 N–H and O–H groups in total. The van der Waals surface area contributed by atoms with Crippen molar-refractivity contribution in [2.24, 2.45) is 0 Å². The molecule has 0 saturated heterocycles. The summed E-state index contributed by atoms with van der Waals surface area (Å²) in [5.74, 6) is 0. The Labute approximate surface area is 415 Å². The lowest BCUT2D eigenvalue weighted by atomic mass is 9.33. The Hall–Kier alpha value is -7.04. The number of fused-ring (bicyclic) bond motifs is 4. The largest absolute Gasteiger partial charge is 0.311 e. The van der Waals surface area contributed by atoms with Crippen LogP contribution in [-0.2, 0) is 36.5 Å². The molecule has 13 rings (SSSR count). The van der Waals surface area contributed by atoms with Crippen LogP contribution in [0.15, 0.2) is 158 Å². The first-order valence-electron chi connectivity index (χ1n) is 25.9. The summed E-state index contributed by atoms with van der Waals surface area (Å²) in [5, 5.41) is 5.55. The Kier molecular flexibility index (Phi) is 9.67. The van der Waals surface area contributed by atoms with Crippen LogP contribution in [0.3, 0.4) is 0 Å². The summed E-state index contributed by atoms with van der Waals surface area (Å²) in [6, 6.07) is 62.1. The maximum Gasteiger partial charge on any atom is 0.252 e. The van der Waals surface area contributed by atoms with Crippen LogP contribution >= 0.6 is 0 Å². The lowest BCUT2D eigenvalue weighted by molar-refractivity contribution is 0.590. The maximum atomic E-state index is 2.69. The second-order valence-corrected chi connectivity index (χ2v) is 22.9. The average Bonchev–Trinajstić information content (AvgIpc) is 3.34. The van der Waals surface area contributed by atoms with Gasteiger partial charge in [-0.1, -0.05) is 139 Å². The molecule has 0 saturated carbocycles. The molecule has 344 valence electrons. The molecular formula is C66H62BN3. The van der Waals surface area contributed by atoms with E-state index in [0.717, 1.165) is 42.7 Å². The minimum atomic E-state index is -0.0570. The third-order valence-electron chi connectivity index (χ3n) is 16.2. The van der Waals surface area contributed by atoms with Crippen LogP contribution in [0.1, 0.15) is 98.9 Å². The number of aryl methyl sites for hydroxylation is 6. The Morgan fingerprint density at radius 2 is 0.829 bits per heavy atom. The van der Waals surface area contributed by atoms with E-state index in [2.05, 4.69) is 228 Å². The standard InChI is InChI=1S/C66H62BN3/c1-41-15-9-23-49(35-41)68(50-24-10-16-42(2)36-50)51-39-60-64-61(40-51)70(57-34-28-46-20-12-18-44-22-14-26-53(57)63(44)46)59-38-48(66(6,7)8)30-32-55(59)67(64)54-31-29-47(65(3,4)5)37-58(54)69(60)56-33-27-45-19-11-17-43-21-13-25-52(56)62(43)45/h9-10,13-16,21-40H,11-12,17-20H2,1-8H3. The van der Waals surface area contributed by atoms with Crippen LogP contribution in [0, 0.1) is 13.8 Å². The van der Waals surface area contributed by atoms with Gasteiger partial charge in [-0.2, -0.15) is 0 Å². The molecule has 9 aromatic carbocycles. The normalized spacial score (nSPS) is 14.7. The molecule has 2 heterocycles. The molecule has 4 aliphatic rings. The monoisotopic (exact) mass is 908 g/mol. The van der Waals surface area contributed by atoms with Gasteiger partial charge in [0.05, 0.1) is 17.1 Å². The lowest BCUT2D eigenvalue weighted by Crippen LogP contribution is -2.61. The van der Waals surface area contributed by atoms with Crippen LogP contribution in [0.2, 0.25) is 0 Å². The first-order valence-corrected chi connectivity index (χ1v) is 25.9. The topological polar surface area (TPSA) is 9.72 Å². The molecule has 0 amide bonds. The van der Waals surface area contributed by atoms with Gasteiger partial charge in [0.1, 0.15) is 0 Å². The van der Waals surface area contributed by atoms with Gasteiger partial charge < -0.3 is 14.7 Å². The number of hydrogen-bond acceptors (Lipinski definition) is 3. The van der Waals surface area contributed by atoms with E-state index in [1.54, 1.807) is 0 Å². The highest BCUT2D eigenvalue weighted by Gasteiger charge is 2.45. The molecule has 2 aliphatic carbocycles. The maximum absolute atomic E-state index is 2.69. The molecule has 0 atom stereocenters. The fourth-order valence-corrected chi connectivity index (χ4v) is 12.8. The predicted octanol–water partition coefficient (Wildman–Crippen LogP) is 15.7. The van der Waals surface area contributed by atoms with Gasteiger partial charge in [-0.3, -0.25) is 0 Å². The first kappa shape index (κ1) is 43.0. The summed E-state index contributed by atoms with van der Waals surface area (Å²) in [5.41, 5.74) is 25.9. The molecule has 0 aromatic heterocycles. The highest BCUT2D eigenvalue weighted by atomic mass is 15.2. The molecule has 70 heavy (non-hydrogen) atoms. The SMILES string of the molecule is Cc1cccc(N(c2cccc(C)c2)c2cc3c4c(c2)N(c2ccc5c6c(cccc26)CCC5)c2cc(C(C)(C)C)ccc2B4c2ccc(C(C)(C)C)cc2N3c2ccc3c4c(cccc24)CCC3)c1. The number of hydrogen-bond donors (Lipinski definition) is 0. The van der Waals surface area contributed by atoms with E-state index < -0.39 is 0 Å². The minimum absolute atomic E-state index is 0.00839. The van der Waals surface area contributed by atoms with E-state index in [9.17, 15) is 0 Å². The molecule has 4 heteroatoms. The van der Waals surface area contributed by atoms with E-state index >= 15 is 0 Å². The van der Waals surface area contributed by atoms with Crippen LogP contribution in [0.5, 0.6) is 0 Å². The molecule has 0 unspecified atom stereocenters. The zero-order chi connectivity index (χ0) is 47.8. The van der Waals surface area contributed by atoms with Crippen molar-refractivity contribution < 1.29 is 0 Å². The van der Waals surface area contributed by atoms with Crippen molar-refractivity contribution in [1.29, 1.82) is 0 Å². The Balaban J connectivity index is 1.21. The van der Waals surface area contributed by atoms with Gasteiger partial charge in [0.2, 0.25) is 0 Å². The van der Waals surface area contributed by atoms with Gasteiger partial charge in [0.25, 0.3) is 6.71 Å². The second kappa shape index (κ2) is 15.7. The quantitative estimate of drug-likeness (QED) is 0.159. The van der Waals surface area contributed by atoms with Crippen LogP contribution in [0.4, 0.5) is 51.2 Å². The fraction of sp³-hybridized carbons (Fsp3) is 0.242. The summed E-state index contributed by atoms with van der Waals surface area (Å²) >= 11 is 0. The number of rotatable bonds is 5. The third kappa shape index (κ3) is 6.69. The lowest BCUT2D eigenvalue weighted by Gasteiger charge is -2.46. The number of anilines is 9. The van der Waals surface area contributed by atoms with E-state index in [0.29, 0.717) is 0 Å². The van der Waals surface area contributed by atoms with Gasteiger partial charge in [0.15, 0.2) is 0 Å². The Bertz CT molecular complexity index is 3390. The van der Waals surface area contributed by atoms with Gasteiger partial charge in [-0.15, -0.1) is 0 Å². The highest BCUT2D eigenvalue weighted by molar-refractivity contribution is 7.00. The predicted molar refractivity (Wildman–Crippen MR) is 301 cm³/mol. The smallest absolute Gasteiger partial charge is 0.252 e. The Morgan fingerprint density at radius 3 is 1.26 bits per heavy atom. The Morgan fingerprint density at radius 1 is 0.400 bits per heavy atom. The van der Waals surface area contributed by atoms with Crippen molar-refractivity contribution in [3.05, 3.63) is 202 Å². The van der Waals surface area contributed by atoms with Crippen LogP contribution in [0.25, 0.3) is 21.5 Å². The zero-order valence-electron chi connectivity index (χ0n) is 42.2. The minimum Gasteiger partial charge on any atom is -0.311 e. The van der Waals surface area contributed by atoms with Gasteiger partial charge in [-0.25, -0.2) is 0 Å². The first-order chi connectivity index (χ1) is 33.8. The third-order valence-corrected chi connectivity index (χ3v) is 16.2. The molecule has 0 fully saturated rings. The zero-order valence-corrected chi connectivity index (χ0v) is 42.2. The van der Waals surface area contributed by atoms with Crippen molar-refractivity contribution in [3.63, 3.8) is 0 Å². The molecule has 0 bridgehead atoms. The summed E-state index contributed by atoms with van der Waals surface area (Å²) in [4.78, 5) is 7.89. The summed E-state index contributed by atoms with van der Waals surface area (Å²) in [7, 11) is 0. The van der Waals surface area contributed by atoms with E-state index in [-0.39, 0.29) is 17.5 Å². The van der Waals surface area contributed by atoms with Crippen LogP contribution in [-0.4, -0.2) is 6.71 Å². The highest BCUT2D eigenvalue weighted by Crippen LogP contribution is 2.52. The molecular weight excluding hydrogens is 846 g/mol. The van der Waals surface area contributed by atoms with E-state index in [1.807, 2.05) is 0 Å². The fourth-order valence-electron chi connectivity index (χ4n) is 12.8. The van der Waals surface area contributed by atoms with Crippen molar-refractivity contribution in [1.82, 2.24) is 0 Å². The van der Waals surface area contributed by atoms with Crippen molar-refractivity contribution in [2.45, 2.75) is 105 Å². The number of benzene rings is 9. The van der Waals surface area contributed by atoms with E-state index in [1.165, 1.54) is 129 Å². The summed E-state index contributed by atoms with van der Waals surface area (Å²) < 4.78 is 0. The van der Waals surface area contributed by atoms with Gasteiger partial charge in [0, 0.05) is 44.9 Å². The van der Waals surface area contributed by atoms with Gasteiger partial charge >= 0.3 is 0 Å². The van der Waals surface area contributed by atoms with E-state index in [4.69, 9.17) is 0 Å². The molecule has 0 spiro atoms. The molecule has 2 aliphatic heterocycles. The van der Waals surface area contributed by atoms with Crippen molar-refractivity contribution in [2.75, 3.05) is 14.7 Å².